The SMILES string of the molecule is CCc1nn(C)c2c1NCC1(CCC1)N2. The van der Waals surface area contributed by atoms with Gasteiger partial charge in [-0.25, -0.2) is 0 Å². The quantitative estimate of drug-likeness (QED) is 0.735. The third kappa shape index (κ3) is 1.17. The monoisotopic (exact) mass is 206 g/mol. The van der Waals surface area contributed by atoms with Gasteiger partial charge in [0.1, 0.15) is 11.5 Å². The molecular formula is C11H18N4. The molecule has 4 nitrogen and oxygen atoms in total. The van der Waals surface area contributed by atoms with Crippen LogP contribution in [0.2, 0.25) is 0 Å². The second kappa shape index (κ2) is 2.90. The molecule has 4 heteroatoms. The van der Waals surface area contributed by atoms with Gasteiger partial charge in [-0.15, -0.1) is 0 Å². The zero-order chi connectivity index (χ0) is 10.5. The molecule has 2 N–H and O–H groups in total. The summed E-state index contributed by atoms with van der Waals surface area (Å²) >= 11 is 0. The van der Waals surface area contributed by atoms with E-state index in [4.69, 9.17) is 0 Å². The smallest absolute Gasteiger partial charge is 0.148 e. The summed E-state index contributed by atoms with van der Waals surface area (Å²) in [5.41, 5.74) is 2.72. The Morgan fingerprint density at radius 2 is 2.27 bits per heavy atom. The first-order valence-electron chi connectivity index (χ1n) is 5.82. The van der Waals surface area contributed by atoms with Crippen molar-refractivity contribution < 1.29 is 0 Å². The first kappa shape index (κ1) is 9.07. The lowest BCUT2D eigenvalue weighted by Gasteiger charge is -2.46. The molecule has 0 aromatic carbocycles. The minimum Gasteiger partial charge on any atom is -0.378 e. The fraction of sp³-hybridized carbons (Fsp3) is 0.727. The number of aromatic nitrogens is 2. The Labute approximate surface area is 90.0 Å². The van der Waals surface area contributed by atoms with Crippen LogP contribution < -0.4 is 10.6 Å². The summed E-state index contributed by atoms with van der Waals surface area (Å²) in [6.07, 6.45) is 4.91. The third-order valence-electron chi connectivity index (χ3n) is 3.75. The maximum Gasteiger partial charge on any atom is 0.148 e. The molecular weight excluding hydrogens is 188 g/mol. The van der Waals surface area contributed by atoms with Gasteiger partial charge >= 0.3 is 0 Å². The topological polar surface area (TPSA) is 41.9 Å². The normalized spacial score (nSPS) is 21.5. The highest BCUT2D eigenvalue weighted by Crippen LogP contribution is 2.41. The largest absolute Gasteiger partial charge is 0.378 e. The van der Waals surface area contributed by atoms with E-state index in [9.17, 15) is 0 Å². The van der Waals surface area contributed by atoms with Crippen molar-refractivity contribution in [1.29, 1.82) is 0 Å². The van der Waals surface area contributed by atoms with Gasteiger partial charge in [-0.05, 0) is 25.7 Å². The van der Waals surface area contributed by atoms with E-state index in [-0.39, 0.29) is 0 Å². The lowest BCUT2D eigenvalue weighted by Crippen LogP contribution is -2.53. The van der Waals surface area contributed by atoms with Gasteiger partial charge in [0.25, 0.3) is 0 Å². The van der Waals surface area contributed by atoms with Gasteiger partial charge in [-0.3, -0.25) is 4.68 Å². The number of aryl methyl sites for hydroxylation is 2. The molecule has 1 aromatic heterocycles. The van der Waals surface area contributed by atoms with E-state index in [1.807, 2.05) is 11.7 Å². The van der Waals surface area contributed by atoms with Crippen molar-refractivity contribution in [3.05, 3.63) is 5.69 Å². The summed E-state index contributed by atoms with van der Waals surface area (Å²) in [5.74, 6) is 1.18. The summed E-state index contributed by atoms with van der Waals surface area (Å²) in [6, 6.07) is 0. The van der Waals surface area contributed by atoms with Crippen molar-refractivity contribution in [3.8, 4) is 0 Å². The van der Waals surface area contributed by atoms with E-state index in [1.54, 1.807) is 0 Å². The van der Waals surface area contributed by atoms with E-state index in [2.05, 4.69) is 22.7 Å². The predicted octanol–water partition coefficient (Wildman–Crippen LogP) is 1.74. The average molecular weight is 206 g/mol. The molecule has 2 aliphatic rings. The molecule has 0 amide bonds. The molecule has 2 heterocycles. The molecule has 1 spiro atoms. The highest BCUT2D eigenvalue weighted by atomic mass is 15.4. The Hall–Kier alpha value is -1.19. The molecule has 1 aliphatic carbocycles. The first-order chi connectivity index (χ1) is 7.24. The van der Waals surface area contributed by atoms with Crippen molar-refractivity contribution in [1.82, 2.24) is 9.78 Å². The Balaban J connectivity index is 1.98. The van der Waals surface area contributed by atoms with Crippen molar-refractivity contribution in [2.24, 2.45) is 7.05 Å². The number of nitrogens with zero attached hydrogens (tertiary/aromatic N) is 2. The van der Waals surface area contributed by atoms with Gasteiger partial charge in [0, 0.05) is 13.6 Å². The van der Waals surface area contributed by atoms with Crippen LogP contribution in [0.25, 0.3) is 0 Å². The minimum atomic E-state index is 0.325. The van der Waals surface area contributed by atoms with Crippen LogP contribution in [0.15, 0.2) is 0 Å². The Morgan fingerprint density at radius 3 is 2.87 bits per heavy atom. The summed E-state index contributed by atoms with van der Waals surface area (Å²) < 4.78 is 1.97. The van der Waals surface area contributed by atoms with Crippen molar-refractivity contribution in [2.75, 3.05) is 17.2 Å². The molecule has 0 atom stereocenters. The maximum absolute atomic E-state index is 4.53. The fourth-order valence-electron chi connectivity index (χ4n) is 2.61. The summed E-state index contributed by atoms with van der Waals surface area (Å²) in [6.45, 7) is 3.21. The molecule has 82 valence electrons. The van der Waals surface area contributed by atoms with Crippen LogP contribution in [0.1, 0.15) is 31.9 Å². The number of anilines is 2. The van der Waals surface area contributed by atoms with E-state index in [1.165, 1.54) is 36.5 Å². The van der Waals surface area contributed by atoms with E-state index >= 15 is 0 Å². The molecule has 0 bridgehead atoms. The molecule has 1 saturated carbocycles. The Bertz CT molecular complexity index is 390. The van der Waals surface area contributed by atoms with Crippen LogP contribution in [0, 0.1) is 0 Å². The highest BCUT2D eigenvalue weighted by molar-refractivity contribution is 5.72. The number of fused-ring (bicyclic) bond motifs is 1. The van der Waals surface area contributed by atoms with Crippen LogP contribution in [0.5, 0.6) is 0 Å². The van der Waals surface area contributed by atoms with Gasteiger partial charge in [-0.1, -0.05) is 6.92 Å². The fourth-order valence-corrected chi connectivity index (χ4v) is 2.61. The molecule has 1 aliphatic heterocycles. The molecule has 1 aromatic rings. The highest BCUT2D eigenvalue weighted by Gasteiger charge is 2.41. The van der Waals surface area contributed by atoms with Crippen LogP contribution in [0.3, 0.4) is 0 Å². The summed E-state index contributed by atoms with van der Waals surface area (Å²) in [7, 11) is 2.02. The van der Waals surface area contributed by atoms with Gasteiger partial charge in [0.2, 0.25) is 0 Å². The molecule has 1 fully saturated rings. The molecule has 0 saturated heterocycles. The second-order valence-corrected chi connectivity index (χ2v) is 4.76. The van der Waals surface area contributed by atoms with Gasteiger partial charge < -0.3 is 10.6 Å². The number of nitrogens with one attached hydrogen (secondary N) is 2. The van der Waals surface area contributed by atoms with Gasteiger partial charge in [0.05, 0.1) is 11.2 Å². The van der Waals surface area contributed by atoms with Crippen LogP contribution in [0.4, 0.5) is 11.5 Å². The lowest BCUT2D eigenvalue weighted by molar-refractivity contribution is 0.289. The lowest BCUT2D eigenvalue weighted by atomic mass is 9.76. The minimum absolute atomic E-state index is 0.325. The number of hydrogen-bond donors (Lipinski definition) is 2. The van der Waals surface area contributed by atoms with E-state index < -0.39 is 0 Å². The second-order valence-electron chi connectivity index (χ2n) is 4.76. The molecule has 0 unspecified atom stereocenters. The number of hydrogen-bond acceptors (Lipinski definition) is 3. The Morgan fingerprint density at radius 1 is 1.47 bits per heavy atom. The van der Waals surface area contributed by atoms with Crippen LogP contribution in [-0.4, -0.2) is 21.9 Å². The van der Waals surface area contributed by atoms with E-state index in [0.29, 0.717) is 5.54 Å². The number of rotatable bonds is 1. The maximum atomic E-state index is 4.53. The van der Waals surface area contributed by atoms with Crippen molar-refractivity contribution >= 4 is 11.5 Å². The Kier molecular flexibility index (Phi) is 1.75. The standard InChI is InChI=1S/C11H18N4/c1-3-8-9-10(15(2)14-8)13-11(7-12-9)5-4-6-11/h12-13H,3-7H2,1-2H3. The van der Waals surface area contributed by atoms with Crippen molar-refractivity contribution in [2.45, 2.75) is 38.1 Å². The van der Waals surface area contributed by atoms with Crippen LogP contribution >= 0.6 is 0 Å². The van der Waals surface area contributed by atoms with Crippen LogP contribution in [-0.2, 0) is 13.5 Å². The molecule has 0 radical (unpaired) electrons. The zero-order valence-corrected chi connectivity index (χ0v) is 9.43. The van der Waals surface area contributed by atoms with Gasteiger partial charge in [0.15, 0.2) is 0 Å². The summed E-state index contributed by atoms with van der Waals surface area (Å²) in [5, 5.41) is 11.7. The average Bonchev–Trinajstić information content (AvgIpc) is 2.53. The summed E-state index contributed by atoms with van der Waals surface area (Å²) in [4.78, 5) is 0. The van der Waals surface area contributed by atoms with Crippen molar-refractivity contribution in [3.63, 3.8) is 0 Å². The van der Waals surface area contributed by atoms with E-state index in [0.717, 1.165) is 13.0 Å². The molecule has 3 rings (SSSR count). The van der Waals surface area contributed by atoms with Gasteiger partial charge in [-0.2, -0.15) is 5.10 Å². The molecule has 15 heavy (non-hydrogen) atoms. The predicted molar refractivity (Wildman–Crippen MR) is 61.3 cm³/mol. The third-order valence-corrected chi connectivity index (χ3v) is 3.75. The zero-order valence-electron chi connectivity index (χ0n) is 9.43. The first-order valence-corrected chi connectivity index (χ1v) is 5.82.